The van der Waals surface area contributed by atoms with Crippen molar-refractivity contribution < 1.29 is 5.11 Å². The number of aliphatic hydroxyl groups excluding tert-OH is 1. The van der Waals surface area contributed by atoms with Crippen molar-refractivity contribution in [3.05, 3.63) is 23.8 Å². The van der Waals surface area contributed by atoms with Crippen LogP contribution in [0.15, 0.2) is 12.4 Å². The second-order valence-electron chi connectivity index (χ2n) is 9.66. The third-order valence-corrected chi connectivity index (χ3v) is 7.24. The normalized spacial score (nSPS) is 25.9. The van der Waals surface area contributed by atoms with E-state index < -0.39 is 0 Å². The quantitative estimate of drug-likeness (QED) is 0.781. The van der Waals surface area contributed by atoms with Gasteiger partial charge in [0.25, 0.3) is 0 Å². The van der Waals surface area contributed by atoms with Gasteiger partial charge in [-0.25, -0.2) is 15.0 Å². The first kappa shape index (κ1) is 21.4. The van der Waals surface area contributed by atoms with Crippen LogP contribution in [-0.4, -0.2) is 64.3 Å². The summed E-state index contributed by atoms with van der Waals surface area (Å²) in [6.45, 7) is 6.51. The van der Waals surface area contributed by atoms with Crippen LogP contribution in [0.5, 0.6) is 0 Å². The Labute approximate surface area is 180 Å². The molecule has 0 radical (unpaired) electrons. The smallest absolute Gasteiger partial charge is 0.139 e. The van der Waals surface area contributed by atoms with E-state index in [-0.39, 0.29) is 6.10 Å². The Hall–Kier alpha value is -1.79. The zero-order valence-corrected chi connectivity index (χ0v) is 19.0. The van der Waals surface area contributed by atoms with Crippen LogP contribution in [0, 0.1) is 5.92 Å². The molecule has 1 N–H and O–H groups in total. The molecule has 2 aromatic rings. The highest BCUT2D eigenvalue weighted by atomic mass is 16.3. The summed E-state index contributed by atoms with van der Waals surface area (Å²) in [4.78, 5) is 19.5. The van der Waals surface area contributed by atoms with Gasteiger partial charge in [-0.15, -0.1) is 0 Å². The van der Waals surface area contributed by atoms with E-state index in [1.807, 2.05) is 6.20 Å². The number of aliphatic hydroxyl groups is 1. The zero-order valence-electron chi connectivity index (χ0n) is 19.0. The lowest BCUT2D eigenvalue weighted by Crippen LogP contribution is -2.31. The van der Waals surface area contributed by atoms with Crippen molar-refractivity contribution in [2.24, 2.45) is 5.92 Å². The van der Waals surface area contributed by atoms with Gasteiger partial charge in [0.05, 0.1) is 17.0 Å². The SMILES string of the molecule is CC[C@H](C)Cc1ncc2c(N3CC[C@@H](N(C)C)C3)ncc(C3CCC(O)CC3)c2n1. The Bertz CT molecular complexity index is 862. The van der Waals surface area contributed by atoms with Crippen molar-refractivity contribution >= 4 is 16.7 Å². The van der Waals surface area contributed by atoms with Gasteiger partial charge in [-0.3, -0.25) is 0 Å². The standard InChI is InChI=1S/C24H37N5O/c1-5-16(2)12-22-25-14-21-23(27-22)20(17-6-8-19(30)9-7-17)13-26-24(21)29-11-10-18(15-29)28(3)4/h13-14,16-19,30H,5-12,15H2,1-4H3/t16-,17?,18+,19?/m0/s1. The summed E-state index contributed by atoms with van der Waals surface area (Å²) in [6, 6.07) is 0.562. The van der Waals surface area contributed by atoms with Gasteiger partial charge in [0, 0.05) is 43.5 Å². The summed E-state index contributed by atoms with van der Waals surface area (Å²) in [6.07, 6.45) is 10.9. The van der Waals surface area contributed by atoms with Crippen molar-refractivity contribution in [3.63, 3.8) is 0 Å². The highest BCUT2D eigenvalue weighted by Gasteiger charge is 2.29. The second kappa shape index (κ2) is 9.15. The third-order valence-electron chi connectivity index (χ3n) is 7.24. The molecule has 2 fully saturated rings. The van der Waals surface area contributed by atoms with Gasteiger partial charge in [0.1, 0.15) is 11.6 Å². The van der Waals surface area contributed by atoms with Gasteiger partial charge >= 0.3 is 0 Å². The minimum absolute atomic E-state index is 0.150. The van der Waals surface area contributed by atoms with Gasteiger partial charge in [0.2, 0.25) is 0 Å². The van der Waals surface area contributed by atoms with E-state index in [2.05, 4.69) is 43.9 Å². The number of fused-ring (bicyclic) bond motifs is 1. The first-order valence-corrected chi connectivity index (χ1v) is 11.7. The summed E-state index contributed by atoms with van der Waals surface area (Å²) < 4.78 is 0. The largest absolute Gasteiger partial charge is 0.393 e. The molecule has 0 bridgehead atoms. The van der Waals surface area contributed by atoms with Crippen molar-refractivity contribution in [1.29, 1.82) is 0 Å². The zero-order chi connectivity index (χ0) is 21.3. The van der Waals surface area contributed by atoms with Crippen LogP contribution < -0.4 is 4.90 Å². The van der Waals surface area contributed by atoms with E-state index in [0.29, 0.717) is 17.9 Å². The van der Waals surface area contributed by atoms with E-state index in [9.17, 15) is 5.11 Å². The van der Waals surface area contributed by atoms with Crippen molar-refractivity contribution in [2.45, 2.75) is 76.9 Å². The minimum Gasteiger partial charge on any atom is -0.393 e. The minimum atomic E-state index is -0.150. The Morgan fingerprint density at radius 1 is 1.13 bits per heavy atom. The maximum Gasteiger partial charge on any atom is 0.139 e. The molecular weight excluding hydrogens is 374 g/mol. The Morgan fingerprint density at radius 3 is 2.57 bits per heavy atom. The predicted octanol–water partition coefficient (Wildman–Crippen LogP) is 3.77. The molecule has 3 heterocycles. The molecule has 1 aliphatic carbocycles. The fourth-order valence-corrected chi connectivity index (χ4v) is 4.91. The lowest BCUT2D eigenvalue weighted by molar-refractivity contribution is 0.122. The van der Waals surface area contributed by atoms with E-state index in [1.54, 1.807) is 0 Å². The molecule has 2 aromatic heterocycles. The summed E-state index contributed by atoms with van der Waals surface area (Å²) >= 11 is 0. The monoisotopic (exact) mass is 411 g/mol. The highest BCUT2D eigenvalue weighted by molar-refractivity contribution is 5.91. The van der Waals surface area contributed by atoms with Gasteiger partial charge < -0.3 is 14.9 Å². The molecule has 1 saturated carbocycles. The molecular formula is C24H37N5O. The van der Waals surface area contributed by atoms with Crippen LogP contribution in [-0.2, 0) is 6.42 Å². The predicted molar refractivity (Wildman–Crippen MR) is 122 cm³/mol. The molecule has 4 rings (SSSR count). The van der Waals surface area contributed by atoms with E-state index in [4.69, 9.17) is 15.0 Å². The average Bonchev–Trinajstić information content (AvgIpc) is 3.24. The van der Waals surface area contributed by atoms with Crippen LogP contribution in [0.3, 0.4) is 0 Å². The number of rotatable bonds is 6. The fourth-order valence-electron chi connectivity index (χ4n) is 4.91. The number of anilines is 1. The topological polar surface area (TPSA) is 65.4 Å². The molecule has 2 atom stereocenters. The lowest BCUT2D eigenvalue weighted by Gasteiger charge is -2.27. The van der Waals surface area contributed by atoms with Crippen molar-refractivity contribution in [3.8, 4) is 0 Å². The Kier molecular flexibility index (Phi) is 6.54. The molecule has 0 unspecified atom stereocenters. The van der Waals surface area contributed by atoms with Crippen LogP contribution >= 0.6 is 0 Å². The van der Waals surface area contributed by atoms with E-state index in [1.165, 1.54) is 5.56 Å². The first-order valence-electron chi connectivity index (χ1n) is 11.7. The molecule has 30 heavy (non-hydrogen) atoms. The van der Waals surface area contributed by atoms with Gasteiger partial charge in [-0.2, -0.15) is 0 Å². The van der Waals surface area contributed by atoms with E-state index in [0.717, 1.165) is 80.6 Å². The molecule has 6 nitrogen and oxygen atoms in total. The molecule has 1 saturated heterocycles. The van der Waals surface area contributed by atoms with Gasteiger partial charge in [-0.1, -0.05) is 20.3 Å². The molecule has 0 amide bonds. The maximum atomic E-state index is 9.96. The molecule has 6 heteroatoms. The second-order valence-corrected chi connectivity index (χ2v) is 9.66. The molecule has 1 aliphatic heterocycles. The molecule has 0 aromatic carbocycles. The summed E-state index contributed by atoms with van der Waals surface area (Å²) in [5.74, 6) is 2.98. The number of likely N-dealkylation sites (N-methyl/N-ethyl adjacent to an activating group) is 1. The number of nitrogens with zero attached hydrogens (tertiary/aromatic N) is 5. The van der Waals surface area contributed by atoms with Gasteiger partial charge in [-0.05, 0) is 58.0 Å². The number of hydrogen-bond acceptors (Lipinski definition) is 6. The number of hydrogen-bond donors (Lipinski definition) is 1. The van der Waals surface area contributed by atoms with E-state index >= 15 is 0 Å². The third kappa shape index (κ3) is 4.45. The van der Waals surface area contributed by atoms with Crippen LogP contribution in [0.1, 0.15) is 69.7 Å². The van der Waals surface area contributed by atoms with Crippen molar-refractivity contribution in [2.75, 3.05) is 32.1 Å². The summed E-state index contributed by atoms with van der Waals surface area (Å²) in [5, 5.41) is 11.1. The highest BCUT2D eigenvalue weighted by Crippen LogP contribution is 2.38. The Balaban J connectivity index is 1.72. The molecule has 0 spiro atoms. The van der Waals surface area contributed by atoms with Crippen LogP contribution in [0.4, 0.5) is 5.82 Å². The first-order chi connectivity index (χ1) is 14.5. The fraction of sp³-hybridized carbons (Fsp3) is 0.708. The number of aromatic nitrogens is 3. The molecule has 2 aliphatic rings. The van der Waals surface area contributed by atoms with Crippen LogP contribution in [0.25, 0.3) is 10.9 Å². The van der Waals surface area contributed by atoms with Crippen LogP contribution in [0.2, 0.25) is 0 Å². The summed E-state index contributed by atoms with van der Waals surface area (Å²) in [7, 11) is 4.31. The number of pyridine rings is 1. The Morgan fingerprint density at radius 2 is 1.90 bits per heavy atom. The maximum absolute atomic E-state index is 9.96. The van der Waals surface area contributed by atoms with Gasteiger partial charge in [0.15, 0.2) is 0 Å². The summed E-state index contributed by atoms with van der Waals surface area (Å²) in [5.41, 5.74) is 2.33. The average molecular weight is 412 g/mol. The molecule has 164 valence electrons. The lowest BCUT2D eigenvalue weighted by atomic mass is 9.82. The van der Waals surface area contributed by atoms with Crippen molar-refractivity contribution in [1.82, 2.24) is 19.9 Å².